The highest BCUT2D eigenvalue weighted by atomic mass is 32.1. The van der Waals surface area contributed by atoms with E-state index in [0.717, 1.165) is 58.5 Å². The van der Waals surface area contributed by atoms with Crippen molar-refractivity contribution in [3.8, 4) is 21.8 Å². The van der Waals surface area contributed by atoms with Crippen molar-refractivity contribution in [2.45, 2.75) is 25.8 Å². The second kappa shape index (κ2) is 8.37. The van der Waals surface area contributed by atoms with Gasteiger partial charge >= 0.3 is 0 Å². The zero-order valence-corrected chi connectivity index (χ0v) is 19.0. The number of rotatable bonds is 4. The molecule has 0 atom stereocenters. The third-order valence-electron chi connectivity index (χ3n) is 6.01. The maximum absolute atomic E-state index is 12.7. The first kappa shape index (κ1) is 20.7. The van der Waals surface area contributed by atoms with E-state index in [-0.39, 0.29) is 11.9 Å². The Morgan fingerprint density at radius 1 is 1.25 bits per heavy atom. The van der Waals surface area contributed by atoms with Gasteiger partial charge in [-0.2, -0.15) is 0 Å². The number of thiophene rings is 1. The van der Waals surface area contributed by atoms with E-state index in [4.69, 9.17) is 10.7 Å². The monoisotopic (exact) mass is 446 g/mol. The summed E-state index contributed by atoms with van der Waals surface area (Å²) < 4.78 is 0. The van der Waals surface area contributed by atoms with Gasteiger partial charge in [0.15, 0.2) is 0 Å². The first-order valence-corrected chi connectivity index (χ1v) is 11.6. The van der Waals surface area contributed by atoms with Crippen LogP contribution in [-0.4, -0.2) is 51.9 Å². The topological polar surface area (TPSA) is 99.9 Å². The highest BCUT2D eigenvalue weighted by Crippen LogP contribution is 2.32. The summed E-state index contributed by atoms with van der Waals surface area (Å²) in [5, 5.41) is 5.08. The molecule has 4 aromatic rings. The second-order valence-electron chi connectivity index (χ2n) is 8.51. The van der Waals surface area contributed by atoms with Crippen LogP contribution in [0.2, 0.25) is 0 Å². The van der Waals surface area contributed by atoms with Gasteiger partial charge in [-0.15, -0.1) is 11.3 Å². The standard InChI is InChI=1S/C24H26N6OS/c1-14-3-4-19-20(9-14)29-23(28-19)18-10-15(12-26-22(18)25)21-11-16(13-32-21)24(31)27-17-5-7-30(2)8-6-17/h3-4,9-13,17H,5-8H2,1-2H3,(H2,25,26)(H,27,31)(H,28,29). The van der Waals surface area contributed by atoms with Crippen LogP contribution in [0.4, 0.5) is 5.82 Å². The summed E-state index contributed by atoms with van der Waals surface area (Å²) in [6.45, 7) is 4.07. The van der Waals surface area contributed by atoms with Gasteiger partial charge in [0.05, 0.1) is 22.2 Å². The number of hydrogen-bond acceptors (Lipinski definition) is 6. The highest BCUT2D eigenvalue weighted by molar-refractivity contribution is 7.13. The van der Waals surface area contributed by atoms with Crippen molar-refractivity contribution in [1.29, 1.82) is 0 Å². The number of benzene rings is 1. The first-order chi connectivity index (χ1) is 15.5. The molecule has 1 aliphatic rings. The Bertz CT molecular complexity index is 1280. The SMILES string of the molecule is Cc1ccc2[nH]c(-c3cc(-c4cc(C(=O)NC5CCN(C)CC5)cs4)cnc3N)nc2c1. The Hall–Kier alpha value is -3.23. The van der Waals surface area contributed by atoms with Crippen LogP contribution in [0.3, 0.4) is 0 Å². The Morgan fingerprint density at radius 3 is 2.88 bits per heavy atom. The summed E-state index contributed by atoms with van der Waals surface area (Å²) >= 11 is 1.53. The average Bonchev–Trinajstić information content (AvgIpc) is 3.43. The molecule has 5 rings (SSSR count). The van der Waals surface area contributed by atoms with Gasteiger partial charge in [0, 0.05) is 28.1 Å². The molecule has 164 valence electrons. The van der Waals surface area contributed by atoms with Crippen molar-refractivity contribution in [2.75, 3.05) is 25.9 Å². The van der Waals surface area contributed by atoms with Crippen molar-refractivity contribution in [1.82, 2.24) is 25.2 Å². The number of pyridine rings is 1. The van der Waals surface area contributed by atoms with E-state index < -0.39 is 0 Å². The number of aromatic nitrogens is 3. The molecule has 1 fully saturated rings. The molecule has 1 aliphatic heterocycles. The van der Waals surface area contributed by atoms with Crippen molar-refractivity contribution in [2.24, 2.45) is 0 Å². The Labute approximate surface area is 190 Å². The van der Waals surface area contributed by atoms with Gasteiger partial charge in [-0.1, -0.05) is 6.07 Å². The number of nitrogens with two attached hydrogens (primary N) is 1. The molecule has 0 radical (unpaired) electrons. The predicted molar refractivity (Wildman–Crippen MR) is 130 cm³/mol. The Kier molecular flexibility index (Phi) is 5.40. The third kappa shape index (κ3) is 4.11. The van der Waals surface area contributed by atoms with Crippen LogP contribution in [0.15, 0.2) is 41.9 Å². The number of amides is 1. The predicted octanol–water partition coefficient (Wildman–Crippen LogP) is 4.07. The van der Waals surface area contributed by atoms with Crippen molar-refractivity contribution in [3.05, 3.63) is 53.0 Å². The molecule has 4 N–H and O–H groups in total. The fourth-order valence-corrected chi connectivity index (χ4v) is 4.94. The smallest absolute Gasteiger partial charge is 0.252 e. The van der Waals surface area contributed by atoms with Gasteiger partial charge in [0.2, 0.25) is 0 Å². The fourth-order valence-electron chi connectivity index (χ4n) is 4.07. The van der Waals surface area contributed by atoms with Crippen LogP contribution >= 0.6 is 11.3 Å². The van der Waals surface area contributed by atoms with Gasteiger partial charge in [0.25, 0.3) is 5.91 Å². The minimum absolute atomic E-state index is 0.0154. The van der Waals surface area contributed by atoms with Crippen LogP contribution in [0.5, 0.6) is 0 Å². The van der Waals surface area contributed by atoms with Gasteiger partial charge in [0.1, 0.15) is 11.6 Å². The number of aryl methyl sites for hydroxylation is 1. The number of carbonyl (C=O) groups is 1. The van der Waals surface area contributed by atoms with E-state index in [2.05, 4.69) is 27.2 Å². The maximum Gasteiger partial charge on any atom is 0.252 e. The zero-order valence-electron chi connectivity index (χ0n) is 18.2. The number of nitrogens with one attached hydrogen (secondary N) is 2. The first-order valence-electron chi connectivity index (χ1n) is 10.8. The number of fused-ring (bicyclic) bond motifs is 1. The number of likely N-dealkylation sites (tertiary alicyclic amines) is 1. The average molecular weight is 447 g/mol. The number of H-pyrrole nitrogens is 1. The van der Waals surface area contributed by atoms with Crippen molar-refractivity contribution in [3.63, 3.8) is 0 Å². The van der Waals surface area contributed by atoms with Gasteiger partial charge in [-0.3, -0.25) is 4.79 Å². The number of piperidine rings is 1. The minimum atomic E-state index is -0.0154. The molecule has 1 amide bonds. The number of imidazole rings is 1. The lowest BCUT2D eigenvalue weighted by atomic mass is 10.1. The molecular weight excluding hydrogens is 420 g/mol. The van der Waals surface area contributed by atoms with Crippen LogP contribution in [0.1, 0.15) is 28.8 Å². The van der Waals surface area contributed by atoms with E-state index in [1.54, 1.807) is 6.20 Å². The molecule has 0 aliphatic carbocycles. The lowest BCUT2D eigenvalue weighted by molar-refractivity contribution is 0.0917. The van der Waals surface area contributed by atoms with E-state index in [0.29, 0.717) is 17.2 Å². The molecule has 0 saturated carbocycles. The van der Waals surface area contributed by atoms with E-state index >= 15 is 0 Å². The molecule has 1 aromatic carbocycles. The summed E-state index contributed by atoms with van der Waals surface area (Å²) in [6, 6.07) is 10.3. The Morgan fingerprint density at radius 2 is 2.06 bits per heavy atom. The second-order valence-corrected chi connectivity index (χ2v) is 9.42. The number of hydrogen-bond donors (Lipinski definition) is 3. The van der Waals surface area contributed by atoms with E-state index in [1.165, 1.54) is 11.3 Å². The van der Waals surface area contributed by atoms with Crippen LogP contribution in [0.25, 0.3) is 32.9 Å². The molecule has 4 heterocycles. The molecule has 3 aromatic heterocycles. The number of aromatic amines is 1. The van der Waals surface area contributed by atoms with Crippen molar-refractivity contribution < 1.29 is 4.79 Å². The van der Waals surface area contributed by atoms with Crippen molar-refractivity contribution >= 4 is 34.1 Å². The number of nitrogens with zero attached hydrogens (tertiary/aromatic N) is 3. The third-order valence-corrected chi connectivity index (χ3v) is 6.99. The number of nitrogen functional groups attached to an aromatic ring is 1. The largest absolute Gasteiger partial charge is 0.383 e. The summed E-state index contributed by atoms with van der Waals surface area (Å²) in [7, 11) is 2.12. The normalized spacial score (nSPS) is 15.3. The molecule has 8 heteroatoms. The van der Waals surface area contributed by atoms with Crippen LogP contribution in [0, 0.1) is 6.92 Å². The minimum Gasteiger partial charge on any atom is -0.383 e. The molecule has 0 bridgehead atoms. The molecule has 0 spiro atoms. The van der Waals surface area contributed by atoms with Gasteiger partial charge in [-0.25, -0.2) is 9.97 Å². The zero-order chi connectivity index (χ0) is 22.2. The summed E-state index contributed by atoms with van der Waals surface area (Å²) in [5.41, 5.74) is 11.5. The lowest BCUT2D eigenvalue weighted by Crippen LogP contribution is -2.43. The summed E-state index contributed by atoms with van der Waals surface area (Å²) in [5.74, 6) is 1.09. The number of carbonyl (C=O) groups excluding carboxylic acids is 1. The molecule has 1 saturated heterocycles. The highest BCUT2D eigenvalue weighted by Gasteiger charge is 2.20. The van der Waals surface area contributed by atoms with Gasteiger partial charge < -0.3 is 20.9 Å². The maximum atomic E-state index is 12.7. The van der Waals surface area contributed by atoms with E-state index in [9.17, 15) is 4.79 Å². The van der Waals surface area contributed by atoms with Crippen LogP contribution < -0.4 is 11.1 Å². The Balaban J connectivity index is 1.38. The molecular formula is C24H26N6OS. The van der Waals surface area contributed by atoms with Crippen LogP contribution in [-0.2, 0) is 0 Å². The summed E-state index contributed by atoms with van der Waals surface area (Å²) in [4.78, 5) is 28.4. The number of anilines is 1. The summed E-state index contributed by atoms with van der Waals surface area (Å²) in [6.07, 6.45) is 3.72. The molecule has 32 heavy (non-hydrogen) atoms. The molecule has 0 unspecified atom stereocenters. The van der Waals surface area contributed by atoms with Gasteiger partial charge in [-0.05, 0) is 69.7 Å². The molecule has 7 nitrogen and oxygen atoms in total. The van der Waals surface area contributed by atoms with E-state index in [1.807, 2.05) is 42.6 Å². The quantitative estimate of drug-likeness (QED) is 0.439. The fraction of sp³-hybridized carbons (Fsp3) is 0.292. The lowest BCUT2D eigenvalue weighted by Gasteiger charge is -2.29.